The molecular weight excluding hydrogens is 358 g/mol. The van der Waals surface area contributed by atoms with Crippen LogP contribution in [0.15, 0.2) is 24.3 Å². The minimum Gasteiger partial charge on any atom is -0.494 e. The highest BCUT2D eigenvalue weighted by Gasteiger charge is 2.03. The van der Waals surface area contributed by atoms with Gasteiger partial charge < -0.3 is 4.74 Å². The molecule has 0 aliphatic carbocycles. The van der Waals surface area contributed by atoms with Gasteiger partial charge in [-0.25, -0.2) is 0 Å². The molecule has 0 heterocycles. The molecule has 0 fully saturated rings. The summed E-state index contributed by atoms with van der Waals surface area (Å²) in [6, 6.07) is 6.28. The minimum absolute atomic E-state index is 0.101. The van der Waals surface area contributed by atoms with E-state index in [4.69, 9.17) is 4.74 Å². The van der Waals surface area contributed by atoms with Gasteiger partial charge in [-0.05, 0) is 25.0 Å². The van der Waals surface area contributed by atoms with Gasteiger partial charge in [-0.15, -0.1) is 0 Å². The number of halogens is 1. The Labute approximate surface area is 147 Å². The molecule has 0 aliphatic rings. The standard InChI is InChI=1S/C18H28BrNO3/c19-15-9-7-5-3-1-2-4-6-8-10-16-23-18-13-11-17(12-14-18)20(21)22/h11-14H,1-10,15-16H2. The first-order valence-electron chi connectivity index (χ1n) is 8.67. The number of ether oxygens (including phenoxy) is 1. The van der Waals surface area contributed by atoms with E-state index in [1.54, 1.807) is 12.1 Å². The number of benzene rings is 1. The molecule has 0 saturated heterocycles. The molecule has 5 heteroatoms. The summed E-state index contributed by atoms with van der Waals surface area (Å²) in [6.45, 7) is 0.685. The predicted molar refractivity (Wildman–Crippen MR) is 98.6 cm³/mol. The molecule has 1 rings (SSSR count). The van der Waals surface area contributed by atoms with Gasteiger partial charge >= 0.3 is 0 Å². The lowest BCUT2D eigenvalue weighted by Gasteiger charge is -2.06. The van der Waals surface area contributed by atoms with Crippen molar-refractivity contribution in [2.45, 2.75) is 64.2 Å². The minimum atomic E-state index is -0.397. The molecule has 0 unspecified atom stereocenters. The molecule has 0 N–H and O–H groups in total. The number of alkyl halides is 1. The lowest BCUT2D eigenvalue weighted by molar-refractivity contribution is -0.384. The fourth-order valence-corrected chi connectivity index (χ4v) is 2.86. The third-order valence-electron chi connectivity index (χ3n) is 3.84. The SMILES string of the molecule is O=[N+]([O-])c1ccc(OCCCCCCCCCCCCBr)cc1. The normalized spacial score (nSPS) is 10.7. The molecule has 4 nitrogen and oxygen atoms in total. The van der Waals surface area contributed by atoms with Gasteiger partial charge in [-0.1, -0.05) is 67.3 Å². The van der Waals surface area contributed by atoms with Crippen molar-refractivity contribution in [3.05, 3.63) is 34.4 Å². The maximum atomic E-state index is 10.5. The number of rotatable bonds is 14. The Bertz CT molecular complexity index is 423. The molecule has 1 aromatic carbocycles. The zero-order chi connectivity index (χ0) is 16.8. The molecule has 0 amide bonds. The van der Waals surface area contributed by atoms with Crippen LogP contribution >= 0.6 is 15.9 Å². The predicted octanol–water partition coefficient (Wildman–Crippen LogP) is 6.27. The second kappa shape index (κ2) is 13.3. The third-order valence-corrected chi connectivity index (χ3v) is 4.40. The second-order valence-corrected chi connectivity index (χ2v) is 6.62. The van der Waals surface area contributed by atoms with Crippen LogP contribution in [-0.2, 0) is 0 Å². The first-order valence-corrected chi connectivity index (χ1v) is 9.79. The summed E-state index contributed by atoms with van der Waals surface area (Å²) in [4.78, 5) is 10.2. The summed E-state index contributed by atoms with van der Waals surface area (Å²) in [5.41, 5.74) is 0.101. The first kappa shape index (κ1) is 19.9. The first-order chi connectivity index (χ1) is 11.2. The Morgan fingerprint density at radius 1 is 0.826 bits per heavy atom. The summed E-state index contributed by atoms with van der Waals surface area (Å²) >= 11 is 3.46. The molecule has 0 aliphatic heterocycles. The Hall–Kier alpha value is -1.10. The Morgan fingerprint density at radius 2 is 1.30 bits per heavy atom. The Morgan fingerprint density at radius 3 is 1.78 bits per heavy atom. The number of hydrogen-bond acceptors (Lipinski definition) is 3. The van der Waals surface area contributed by atoms with Crippen LogP contribution in [0, 0.1) is 10.1 Å². The lowest BCUT2D eigenvalue weighted by Crippen LogP contribution is -1.97. The quantitative estimate of drug-likeness (QED) is 0.164. The highest BCUT2D eigenvalue weighted by atomic mass is 79.9. The van der Waals surface area contributed by atoms with Crippen molar-refractivity contribution < 1.29 is 9.66 Å². The molecule has 0 saturated carbocycles. The molecular formula is C18H28BrNO3. The number of nitro groups is 1. The number of hydrogen-bond donors (Lipinski definition) is 0. The van der Waals surface area contributed by atoms with Crippen molar-refractivity contribution in [3.63, 3.8) is 0 Å². The van der Waals surface area contributed by atoms with Crippen molar-refractivity contribution >= 4 is 21.6 Å². The van der Waals surface area contributed by atoms with Gasteiger partial charge in [0.15, 0.2) is 0 Å². The zero-order valence-electron chi connectivity index (χ0n) is 13.8. The third kappa shape index (κ3) is 10.3. The molecule has 0 bridgehead atoms. The van der Waals surface area contributed by atoms with Crippen LogP contribution in [-0.4, -0.2) is 16.9 Å². The van der Waals surface area contributed by atoms with Crippen LogP contribution in [0.1, 0.15) is 64.2 Å². The van der Waals surface area contributed by atoms with Crippen LogP contribution < -0.4 is 4.74 Å². The van der Waals surface area contributed by atoms with E-state index in [0.29, 0.717) is 12.4 Å². The number of unbranched alkanes of at least 4 members (excludes halogenated alkanes) is 9. The van der Waals surface area contributed by atoms with Crippen LogP contribution in [0.25, 0.3) is 0 Å². The fourth-order valence-electron chi connectivity index (χ4n) is 2.46. The maximum Gasteiger partial charge on any atom is 0.269 e. The van der Waals surface area contributed by atoms with Crippen molar-refractivity contribution in [1.29, 1.82) is 0 Å². The highest BCUT2D eigenvalue weighted by molar-refractivity contribution is 9.09. The maximum absolute atomic E-state index is 10.5. The van der Waals surface area contributed by atoms with E-state index >= 15 is 0 Å². The van der Waals surface area contributed by atoms with Gasteiger partial charge in [0.2, 0.25) is 0 Å². The van der Waals surface area contributed by atoms with E-state index < -0.39 is 4.92 Å². The summed E-state index contributed by atoms with van der Waals surface area (Å²) in [5, 5.41) is 11.7. The van der Waals surface area contributed by atoms with E-state index in [9.17, 15) is 10.1 Å². The Kier molecular flexibility index (Phi) is 11.6. The van der Waals surface area contributed by atoms with Crippen LogP contribution in [0.4, 0.5) is 5.69 Å². The highest BCUT2D eigenvalue weighted by Crippen LogP contribution is 2.18. The molecule has 0 aromatic heterocycles. The number of non-ortho nitro benzene ring substituents is 1. The van der Waals surface area contributed by atoms with E-state index in [-0.39, 0.29) is 5.69 Å². The van der Waals surface area contributed by atoms with Crippen LogP contribution in [0.3, 0.4) is 0 Å². The lowest BCUT2D eigenvalue weighted by atomic mass is 10.1. The average molecular weight is 386 g/mol. The van der Waals surface area contributed by atoms with Crippen molar-refractivity contribution in [1.82, 2.24) is 0 Å². The molecule has 0 spiro atoms. The van der Waals surface area contributed by atoms with E-state index in [2.05, 4.69) is 15.9 Å². The van der Waals surface area contributed by atoms with Crippen molar-refractivity contribution in [3.8, 4) is 5.75 Å². The summed E-state index contributed by atoms with van der Waals surface area (Å²) in [6.07, 6.45) is 12.9. The fraction of sp³-hybridized carbons (Fsp3) is 0.667. The molecule has 1 aromatic rings. The number of nitrogens with zero attached hydrogens (tertiary/aromatic N) is 1. The van der Waals surface area contributed by atoms with E-state index in [1.807, 2.05) is 0 Å². The number of nitro benzene ring substituents is 1. The monoisotopic (exact) mass is 385 g/mol. The van der Waals surface area contributed by atoms with E-state index in [0.717, 1.165) is 11.8 Å². The molecule has 23 heavy (non-hydrogen) atoms. The van der Waals surface area contributed by atoms with Gasteiger partial charge in [0, 0.05) is 17.5 Å². The van der Waals surface area contributed by atoms with Gasteiger partial charge in [0.1, 0.15) is 5.75 Å². The molecule has 0 radical (unpaired) electrons. The molecule has 130 valence electrons. The van der Waals surface area contributed by atoms with Crippen LogP contribution in [0.2, 0.25) is 0 Å². The van der Waals surface area contributed by atoms with E-state index in [1.165, 1.54) is 69.9 Å². The molecule has 0 atom stereocenters. The van der Waals surface area contributed by atoms with Crippen molar-refractivity contribution in [2.75, 3.05) is 11.9 Å². The summed E-state index contributed by atoms with van der Waals surface area (Å²) in [7, 11) is 0. The van der Waals surface area contributed by atoms with Gasteiger partial charge in [-0.3, -0.25) is 10.1 Å². The van der Waals surface area contributed by atoms with Gasteiger partial charge in [-0.2, -0.15) is 0 Å². The summed E-state index contributed by atoms with van der Waals surface area (Å²) in [5.74, 6) is 0.707. The Balaban J connectivity index is 1.90. The largest absolute Gasteiger partial charge is 0.494 e. The topological polar surface area (TPSA) is 52.4 Å². The van der Waals surface area contributed by atoms with Crippen LogP contribution in [0.5, 0.6) is 5.75 Å². The smallest absolute Gasteiger partial charge is 0.269 e. The average Bonchev–Trinajstić information content (AvgIpc) is 2.56. The summed E-state index contributed by atoms with van der Waals surface area (Å²) < 4.78 is 5.60. The second-order valence-electron chi connectivity index (χ2n) is 5.82. The van der Waals surface area contributed by atoms with Gasteiger partial charge in [0.05, 0.1) is 11.5 Å². The van der Waals surface area contributed by atoms with Gasteiger partial charge in [0.25, 0.3) is 5.69 Å². The zero-order valence-corrected chi connectivity index (χ0v) is 15.4. The van der Waals surface area contributed by atoms with Crippen molar-refractivity contribution in [2.24, 2.45) is 0 Å².